The highest BCUT2D eigenvalue weighted by Gasteiger charge is 2.17. The Hall–Kier alpha value is -1.14. The second kappa shape index (κ2) is 7.24. The third kappa shape index (κ3) is 5.65. The van der Waals surface area contributed by atoms with Crippen LogP contribution >= 0.6 is 0 Å². The van der Waals surface area contributed by atoms with Gasteiger partial charge < -0.3 is 20.3 Å². The second-order valence-corrected chi connectivity index (χ2v) is 4.23. The summed E-state index contributed by atoms with van der Waals surface area (Å²) < 4.78 is 4.60. The summed E-state index contributed by atoms with van der Waals surface area (Å²) in [7, 11) is 1.41. The van der Waals surface area contributed by atoms with Gasteiger partial charge in [0.1, 0.15) is 0 Å². The van der Waals surface area contributed by atoms with E-state index in [0.717, 1.165) is 39.3 Å². The topological polar surface area (TPSA) is 75.9 Å². The molecule has 2 N–H and O–H groups in total. The molecule has 0 radical (unpaired) electrons. The van der Waals surface area contributed by atoms with Gasteiger partial charge in [-0.1, -0.05) is 0 Å². The fraction of sp³-hybridized carbons (Fsp3) is 0.818. The van der Waals surface area contributed by atoms with Crippen LogP contribution in [0.3, 0.4) is 0 Å². The number of methoxy groups -OCH3 is 1. The first-order valence-electron chi connectivity index (χ1n) is 5.91. The molecule has 0 aromatic rings. The lowest BCUT2D eigenvalue weighted by Gasteiger charge is -2.34. The van der Waals surface area contributed by atoms with Crippen molar-refractivity contribution in [3.63, 3.8) is 0 Å². The molecular weight excluding hydrogens is 222 g/mol. The van der Waals surface area contributed by atoms with Crippen molar-refractivity contribution in [2.75, 3.05) is 46.4 Å². The van der Waals surface area contributed by atoms with E-state index in [1.54, 1.807) is 0 Å². The number of rotatable bonds is 6. The van der Waals surface area contributed by atoms with Crippen molar-refractivity contribution in [2.45, 2.75) is 12.8 Å². The molecule has 0 atom stereocenters. The average molecular weight is 243 g/mol. The van der Waals surface area contributed by atoms with Crippen molar-refractivity contribution in [3.8, 4) is 0 Å². The van der Waals surface area contributed by atoms with Crippen molar-refractivity contribution >= 4 is 11.9 Å². The largest absolute Gasteiger partial charge is 0.469 e. The van der Waals surface area contributed by atoms with E-state index < -0.39 is 0 Å². The third-order valence-corrected chi connectivity index (χ3v) is 3.00. The molecule has 6 heteroatoms. The number of esters is 1. The summed E-state index contributed by atoms with van der Waals surface area (Å²) in [5, 5.41) is 0. The molecule has 1 aliphatic rings. The van der Waals surface area contributed by atoms with Crippen molar-refractivity contribution in [1.82, 2.24) is 9.80 Å². The molecule has 1 heterocycles. The first-order chi connectivity index (χ1) is 8.11. The number of nitrogens with zero attached hydrogens (tertiary/aromatic N) is 2. The number of piperazine rings is 1. The van der Waals surface area contributed by atoms with E-state index in [2.05, 4.69) is 14.5 Å². The second-order valence-electron chi connectivity index (χ2n) is 4.23. The quantitative estimate of drug-likeness (QED) is 0.608. The highest BCUT2D eigenvalue weighted by Crippen LogP contribution is 2.03. The minimum atomic E-state index is -0.252. The lowest BCUT2D eigenvalue weighted by Crippen LogP contribution is -2.47. The monoisotopic (exact) mass is 243 g/mol. The van der Waals surface area contributed by atoms with Crippen LogP contribution in [0.15, 0.2) is 0 Å². The van der Waals surface area contributed by atoms with Gasteiger partial charge >= 0.3 is 5.97 Å². The normalized spacial score (nSPS) is 17.9. The summed E-state index contributed by atoms with van der Waals surface area (Å²) in [5.41, 5.74) is 5.11. The maximum absolute atomic E-state index is 11.0. The summed E-state index contributed by atoms with van der Waals surface area (Å²) in [6.07, 6.45) is 0.861. The van der Waals surface area contributed by atoms with E-state index in [1.807, 2.05) is 0 Å². The van der Waals surface area contributed by atoms with Crippen molar-refractivity contribution in [2.24, 2.45) is 5.73 Å². The summed E-state index contributed by atoms with van der Waals surface area (Å²) in [6, 6.07) is 0. The molecule has 98 valence electrons. The Bertz CT molecular complexity index is 263. The fourth-order valence-electron chi connectivity index (χ4n) is 1.86. The van der Waals surface area contributed by atoms with Crippen LogP contribution in [0.1, 0.15) is 12.8 Å². The Morgan fingerprint density at radius 3 is 1.94 bits per heavy atom. The van der Waals surface area contributed by atoms with E-state index in [4.69, 9.17) is 5.73 Å². The summed E-state index contributed by atoms with van der Waals surface area (Å²) in [6.45, 7) is 5.19. The number of carbonyl (C=O) groups is 2. The van der Waals surface area contributed by atoms with E-state index in [9.17, 15) is 9.59 Å². The Labute approximate surface area is 102 Å². The molecule has 0 aliphatic carbocycles. The Kier molecular flexibility index (Phi) is 5.93. The van der Waals surface area contributed by atoms with Gasteiger partial charge in [0.25, 0.3) is 0 Å². The first-order valence-corrected chi connectivity index (χ1v) is 5.91. The maximum atomic E-state index is 11.0. The van der Waals surface area contributed by atoms with Gasteiger partial charge in [-0.3, -0.25) is 9.59 Å². The first kappa shape index (κ1) is 13.9. The third-order valence-electron chi connectivity index (χ3n) is 3.00. The van der Waals surface area contributed by atoms with Gasteiger partial charge in [0, 0.05) is 45.7 Å². The minimum Gasteiger partial charge on any atom is -0.469 e. The van der Waals surface area contributed by atoms with E-state index in [-0.39, 0.29) is 11.9 Å². The molecule has 1 amide bonds. The predicted molar refractivity (Wildman–Crippen MR) is 63.3 cm³/mol. The van der Waals surface area contributed by atoms with Crippen molar-refractivity contribution < 1.29 is 14.3 Å². The van der Waals surface area contributed by atoms with E-state index >= 15 is 0 Å². The van der Waals surface area contributed by atoms with Gasteiger partial charge in [-0.25, -0.2) is 0 Å². The number of ether oxygens (including phenoxy) is 1. The van der Waals surface area contributed by atoms with E-state index in [0.29, 0.717) is 12.8 Å². The van der Waals surface area contributed by atoms with Gasteiger partial charge in [-0.05, 0) is 0 Å². The van der Waals surface area contributed by atoms with Gasteiger partial charge in [0.2, 0.25) is 5.91 Å². The summed E-state index contributed by atoms with van der Waals surface area (Å²) in [5.74, 6) is -0.417. The van der Waals surface area contributed by atoms with Crippen LogP contribution in [-0.2, 0) is 14.3 Å². The number of hydrogen-bond donors (Lipinski definition) is 1. The van der Waals surface area contributed by atoms with E-state index in [1.165, 1.54) is 7.11 Å². The molecule has 1 fully saturated rings. The Morgan fingerprint density at radius 1 is 1.06 bits per heavy atom. The molecule has 0 spiro atoms. The summed E-state index contributed by atoms with van der Waals surface area (Å²) in [4.78, 5) is 26.1. The molecular formula is C11H21N3O3. The lowest BCUT2D eigenvalue weighted by molar-refractivity contribution is -0.141. The summed E-state index contributed by atoms with van der Waals surface area (Å²) >= 11 is 0. The zero-order valence-corrected chi connectivity index (χ0v) is 10.4. The number of hydrogen-bond acceptors (Lipinski definition) is 5. The molecule has 17 heavy (non-hydrogen) atoms. The zero-order chi connectivity index (χ0) is 12.7. The van der Waals surface area contributed by atoms with Gasteiger partial charge in [0.15, 0.2) is 0 Å². The van der Waals surface area contributed by atoms with Crippen LogP contribution in [0, 0.1) is 0 Å². The van der Waals surface area contributed by atoms with Crippen molar-refractivity contribution in [1.29, 1.82) is 0 Å². The predicted octanol–water partition coefficient (Wildman–Crippen LogP) is -0.957. The Balaban J connectivity index is 2.13. The molecule has 0 bridgehead atoms. The fourth-order valence-corrected chi connectivity index (χ4v) is 1.86. The molecule has 0 saturated carbocycles. The molecule has 1 rings (SSSR count). The van der Waals surface area contributed by atoms with Gasteiger partial charge in [0.05, 0.1) is 13.5 Å². The zero-order valence-electron chi connectivity index (χ0n) is 10.4. The SMILES string of the molecule is COC(=O)CCN1CCN(CCC(N)=O)CC1. The minimum absolute atomic E-state index is 0.166. The highest BCUT2D eigenvalue weighted by molar-refractivity contribution is 5.73. The molecule has 0 aromatic heterocycles. The molecule has 0 unspecified atom stereocenters. The van der Waals surface area contributed by atoms with Crippen LogP contribution in [0.25, 0.3) is 0 Å². The van der Waals surface area contributed by atoms with Crippen LogP contribution in [0.5, 0.6) is 0 Å². The number of amides is 1. The molecule has 6 nitrogen and oxygen atoms in total. The number of carbonyl (C=O) groups excluding carboxylic acids is 2. The maximum Gasteiger partial charge on any atom is 0.306 e. The highest BCUT2D eigenvalue weighted by atomic mass is 16.5. The van der Waals surface area contributed by atoms with Crippen LogP contribution < -0.4 is 5.73 Å². The number of primary amides is 1. The smallest absolute Gasteiger partial charge is 0.306 e. The average Bonchev–Trinajstić information content (AvgIpc) is 2.34. The van der Waals surface area contributed by atoms with Gasteiger partial charge in [-0.2, -0.15) is 0 Å². The molecule has 1 saturated heterocycles. The Morgan fingerprint density at radius 2 is 1.53 bits per heavy atom. The van der Waals surface area contributed by atoms with Crippen LogP contribution in [-0.4, -0.2) is 68.1 Å². The van der Waals surface area contributed by atoms with Gasteiger partial charge in [-0.15, -0.1) is 0 Å². The lowest BCUT2D eigenvalue weighted by atomic mass is 10.2. The standard InChI is InChI=1S/C11H21N3O3/c1-17-11(16)3-5-14-8-6-13(7-9-14)4-2-10(12)15/h2-9H2,1H3,(H2,12,15). The molecule has 0 aromatic carbocycles. The van der Waals surface area contributed by atoms with Crippen LogP contribution in [0.4, 0.5) is 0 Å². The number of nitrogens with two attached hydrogens (primary N) is 1. The molecule has 1 aliphatic heterocycles. The van der Waals surface area contributed by atoms with Crippen molar-refractivity contribution in [3.05, 3.63) is 0 Å². The van der Waals surface area contributed by atoms with Crippen LogP contribution in [0.2, 0.25) is 0 Å².